The molecule has 0 aliphatic carbocycles. The Balaban J connectivity index is 0.000000166. The van der Waals surface area contributed by atoms with Crippen molar-refractivity contribution in [2.24, 2.45) is 0 Å². The van der Waals surface area contributed by atoms with Crippen molar-refractivity contribution in [2.45, 2.75) is 78.2 Å². The van der Waals surface area contributed by atoms with Gasteiger partial charge in [0.25, 0.3) is 0 Å². The van der Waals surface area contributed by atoms with Gasteiger partial charge in [0.05, 0.1) is 90.3 Å². The maximum absolute atomic E-state index is 16.3. The number of anilines is 3. The second kappa shape index (κ2) is 33.8. The van der Waals surface area contributed by atoms with Crippen LogP contribution in [0.2, 0.25) is 15.1 Å². The summed E-state index contributed by atoms with van der Waals surface area (Å²) >= 11 is 19.8. The van der Waals surface area contributed by atoms with E-state index in [-0.39, 0.29) is 145 Å². The number of carbonyl (C=O) groups is 3. The van der Waals surface area contributed by atoms with Gasteiger partial charge in [-0.2, -0.15) is 53.6 Å². The number of phenolic OH excluding ortho intramolecular Hbond substituents is 2. The molecular weight excluding hydrogens is 1520 g/mol. The van der Waals surface area contributed by atoms with E-state index >= 15 is 13.2 Å². The molecule has 112 heavy (non-hydrogen) atoms. The van der Waals surface area contributed by atoms with Crippen molar-refractivity contribution in [1.29, 1.82) is 10.5 Å². The zero-order valence-electron chi connectivity index (χ0n) is 62.0. The van der Waals surface area contributed by atoms with Gasteiger partial charge in [-0.1, -0.05) is 85.7 Å². The van der Waals surface area contributed by atoms with E-state index < -0.39 is 52.5 Å². The maximum Gasteiger partial charge on any atom is 0.418 e. The summed E-state index contributed by atoms with van der Waals surface area (Å²) in [5.41, 5.74) is 0.482. The van der Waals surface area contributed by atoms with Gasteiger partial charge < -0.3 is 53.8 Å². The van der Waals surface area contributed by atoms with Crippen LogP contribution in [0.25, 0.3) is 77.0 Å². The van der Waals surface area contributed by atoms with Gasteiger partial charge in [-0.15, -0.1) is 0 Å². The highest BCUT2D eigenvalue weighted by atomic mass is 35.5. The fourth-order valence-electron chi connectivity index (χ4n) is 14.3. The number of phenols is 2. The van der Waals surface area contributed by atoms with E-state index in [1.165, 1.54) is 69.6 Å². The van der Waals surface area contributed by atoms with Crippen molar-refractivity contribution in [2.75, 3.05) is 94.9 Å². The van der Waals surface area contributed by atoms with Crippen molar-refractivity contribution in [3.63, 3.8) is 0 Å². The van der Waals surface area contributed by atoms with Gasteiger partial charge in [0.15, 0.2) is 17.5 Å². The molecule has 3 atom stereocenters. The summed E-state index contributed by atoms with van der Waals surface area (Å²) in [5, 5.41) is 41.5. The molecule has 32 heteroatoms. The van der Waals surface area contributed by atoms with Crippen molar-refractivity contribution in [1.82, 2.24) is 49.6 Å². The van der Waals surface area contributed by atoms with Crippen LogP contribution in [0.5, 0.6) is 29.5 Å². The summed E-state index contributed by atoms with van der Waals surface area (Å²) in [7, 11) is 4.09. The highest BCUT2D eigenvalue weighted by molar-refractivity contribution is 6.36. The molecule has 0 unspecified atom stereocenters. The van der Waals surface area contributed by atoms with Crippen molar-refractivity contribution in [3.05, 3.63) is 171 Å². The van der Waals surface area contributed by atoms with Crippen molar-refractivity contribution >= 4 is 113 Å². The van der Waals surface area contributed by atoms with Gasteiger partial charge in [0.1, 0.15) is 45.5 Å². The lowest BCUT2D eigenvalue weighted by atomic mass is 9.95. The Labute approximate surface area is 654 Å². The number of pyridine rings is 1. The zero-order chi connectivity index (χ0) is 81.1. The average Bonchev–Trinajstić information content (AvgIpc) is 0.751. The monoisotopic (exact) mass is 1590 g/mol. The molecule has 3 fully saturated rings. The SMILES string of the molecule is C=CC(=O)N1CCN(c2nc(OC)nc3c(F)c(-c4cc(O)cc(C)c4C)c(Cl)cc23)C[C@@H]1CC#N.C=CC(=O)N1CCN(c2nc(OC)nc3c(F)c(-c4cc(O)cc5ccccc45)c(Cl)cc23)C[C@H]1C.C=CC(=O)N1CCN(c2nc(OC)nc3c(F)c(-c4nc(CC)cc(C)c4C(F)(F)F)c(Cl)cc23)C[C@@H]1CC#N. The van der Waals surface area contributed by atoms with E-state index in [1.807, 2.05) is 54.8 Å². The number of hydrogen-bond donors (Lipinski definition) is 2. The number of hydrogen-bond acceptors (Lipinski definition) is 20. The number of alkyl halides is 3. The normalized spacial score (nSPS) is 15.8. The molecule has 0 bridgehead atoms. The number of carbonyl (C=O) groups excluding carboxylic acids is 3. The first-order valence-electron chi connectivity index (χ1n) is 35.1. The second-order valence-corrected chi connectivity index (χ2v) is 27.7. The summed E-state index contributed by atoms with van der Waals surface area (Å²) in [6.45, 7) is 22.3. The lowest BCUT2D eigenvalue weighted by Crippen LogP contribution is -2.55. The van der Waals surface area contributed by atoms with Gasteiger partial charge in [-0.05, 0) is 139 Å². The number of nitrogens with zero attached hydrogens (tertiary/aromatic N) is 15. The molecule has 2 N–H and O–H groups in total. The van der Waals surface area contributed by atoms with Crippen molar-refractivity contribution < 1.29 is 65.1 Å². The molecule has 0 spiro atoms. The van der Waals surface area contributed by atoms with Gasteiger partial charge in [0.2, 0.25) is 17.7 Å². The Morgan fingerprint density at radius 1 is 0.554 bits per heavy atom. The Hall–Kier alpha value is -11.8. The fraction of sp³-hybridized carbons (Fsp3) is 0.300. The van der Waals surface area contributed by atoms with Crippen molar-refractivity contribution in [3.8, 4) is 75.2 Å². The minimum atomic E-state index is -4.82. The quantitative estimate of drug-likeness (QED) is 0.0712. The standard InChI is InChI=1S/C27H25ClF4N6O2.C27H24ClFN4O3.C26H25ClFN5O3/c1-5-15-11-14(3)21(27(30,31)32)24(34-15)20-18(28)12-17-23(22(20)29)35-26(40-4)36-25(17)37-9-10-38(19(39)6-2)16(13-37)7-8-33;1-4-22(35)33-10-9-32(14-15(33)2)26-20-13-21(28)23(24(29)25(20)30-27(31-26)36-3)19-12-17(34)11-16-7-5-6-8-18(16)19;1-5-21(35)33-9-8-32(13-16(33)6-7-29)25-19-12-20(27)22(18-11-17(34)10-14(2)15(18)3)23(28)24(19)30-26(31-25)36-4/h6,11-12,16H,2,5,7,9-10,13H2,1,3-4H3;4-8,11-13,15,34H,1,9-10,14H2,2-3H3;5,10-12,16,34H,1,6,8-9,13H2,2-4H3/t16-;15-;16-/m010/s1. The highest BCUT2D eigenvalue weighted by Gasteiger charge is 2.40. The molecule has 0 radical (unpaired) electrons. The van der Waals surface area contributed by atoms with Crippen LogP contribution in [0.3, 0.4) is 0 Å². The number of aryl methyl sites for hydroxylation is 3. The van der Waals surface area contributed by atoms with E-state index in [4.69, 9.17) is 49.0 Å². The maximum atomic E-state index is 16.3. The third-order valence-corrected chi connectivity index (χ3v) is 20.7. The number of fused-ring (bicyclic) bond motifs is 4. The van der Waals surface area contributed by atoms with Crippen LogP contribution in [-0.2, 0) is 27.0 Å². The van der Waals surface area contributed by atoms with Crippen LogP contribution in [0.1, 0.15) is 54.6 Å². The number of benzene rings is 6. The molecule has 580 valence electrons. The molecule has 3 aliphatic heterocycles. The number of piperazine rings is 3. The molecule has 4 aromatic heterocycles. The van der Waals surface area contributed by atoms with Gasteiger partial charge in [-0.3, -0.25) is 19.4 Å². The van der Waals surface area contributed by atoms with Gasteiger partial charge >= 0.3 is 24.2 Å². The van der Waals surface area contributed by atoms with Crippen LogP contribution in [0.15, 0.2) is 111 Å². The van der Waals surface area contributed by atoms with Crippen LogP contribution in [0, 0.1) is 60.9 Å². The highest BCUT2D eigenvalue weighted by Crippen LogP contribution is 2.48. The number of nitriles is 2. The third kappa shape index (κ3) is 16.1. The van der Waals surface area contributed by atoms with E-state index in [0.29, 0.717) is 84.9 Å². The number of halogens is 9. The number of rotatable bonds is 15. The number of aromatic hydroxyl groups is 2. The topological polar surface area (TPSA) is 277 Å². The van der Waals surface area contributed by atoms with Crippen LogP contribution in [0.4, 0.5) is 43.8 Å². The summed E-state index contributed by atoms with van der Waals surface area (Å²) in [6, 6.07) is 22.4. The van der Waals surface area contributed by atoms with Gasteiger partial charge in [0, 0.05) is 97.9 Å². The smallest absolute Gasteiger partial charge is 0.418 e. The summed E-state index contributed by atoms with van der Waals surface area (Å²) in [6.07, 6.45) is -0.667. The Bertz CT molecular complexity index is 5550. The minimum absolute atomic E-state index is 0.0000903. The average molecular weight is 1590 g/mol. The first-order chi connectivity index (χ1) is 53.5. The molecule has 23 nitrogen and oxygen atoms in total. The number of methoxy groups -OCH3 is 3. The Kier molecular flexibility index (Phi) is 24.5. The lowest BCUT2D eigenvalue weighted by molar-refractivity contribution is -0.137. The molecular formula is C80H74Cl3F6N15O8. The molecule has 7 heterocycles. The number of amides is 3. The lowest BCUT2D eigenvalue weighted by Gasteiger charge is -2.41. The molecule has 6 aromatic carbocycles. The predicted octanol–water partition coefficient (Wildman–Crippen LogP) is 15.2. The molecule has 3 saturated heterocycles. The number of ether oxygens (including phenoxy) is 3. The second-order valence-electron chi connectivity index (χ2n) is 26.5. The zero-order valence-corrected chi connectivity index (χ0v) is 64.2. The predicted molar refractivity (Wildman–Crippen MR) is 417 cm³/mol. The first kappa shape index (κ1) is 81.2. The van der Waals surface area contributed by atoms with Crippen LogP contribution < -0.4 is 28.9 Å². The molecule has 13 rings (SSSR count). The van der Waals surface area contributed by atoms with E-state index in [2.05, 4.69) is 66.8 Å². The summed E-state index contributed by atoms with van der Waals surface area (Å²) in [4.78, 5) is 77.4. The van der Waals surface area contributed by atoms with Crippen LogP contribution >= 0.6 is 34.8 Å². The van der Waals surface area contributed by atoms with E-state index in [9.17, 15) is 48.3 Å². The Morgan fingerprint density at radius 3 is 1.40 bits per heavy atom. The van der Waals surface area contributed by atoms with E-state index in [1.54, 1.807) is 45.9 Å². The third-order valence-electron chi connectivity index (χ3n) is 19.8. The minimum Gasteiger partial charge on any atom is -0.508 e. The van der Waals surface area contributed by atoms with E-state index in [0.717, 1.165) is 28.0 Å². The Morgan fingerprint density at radius 2 is 0.964 bits per heavy atom. The molecule has 10 aromatic rings. The molecule has 3 aliphatic rings. The fourth-order valence-corrected chi connectivity index (χ4v) is 15.2. The first-order valence-corrected chi connectivity index (χ1v) is 36.2. The number of aromatic nitrogens is 7. The largest absolute Gasteiger partial charge is 0.508 e. The summed E-state index contributed by atoms with van der Waals surface area (Å²) < 4.78 is 107. The summed E-state index contributed by atoms with van der Waals surface area (Å²) in [5.74, 6) is -2.06. The molecule has 3 amide bonds. The molecule has 0 saturated carbocycles. The van der Waals surface area contributed by atoms with Gasteiger partial charge in [-0.25, -0.2) is 13.2 Å². The van der Waals surface area contributed by atoms with Crippen LogP contribution in [-0.4, -0.2) is 176 Å².